The molecule has 1 aromatic heterocycles. The Balaban J connectivity index is 2.29. The highest BCUT2D eigenvalue weighted by Crippen LogP contribution is 2.19. The number of rotatable bonds is 3. The summed E-state index contributed by atoms with van der Waals surface area (Å²) in [6, 6.07) is 6.01. The number of nitrogens with one attached hydrogen (secondary N) is 1. The maximum atomic E-state index is 11.2. The molecule has 1 aromatic carbocycles. The quantitative estimate of drug-likeness (QED) is 0.817. The highest BCUT2D eigenvalue weighted by Gasteiger charge is 2.08. The van der Waals surface area contributed by atoms with Gasteiger partial charge in [0, 0.05) is 12.4 Å². The van der Waals surface area contributed by atoms with E-state index in [1.807, 2.05) is 43.0 Å². The van der Waals surface area contributed by atoms with Gasteiger partial charge in [0.2, 0.25) is 5.91 Å². The topological polar surface area (TPSA) is 46.9 Å². The van der Waals surface area contributed by atoms with E-state index in [2.05, 4.69) is 17.0 Å². The Morgan fingerprint density at radius 1 is 1.59 bits per heavy atom. The first kappa shape index (κ1) is 11.4. The maximum absolute atomic E-state index is 11.2. The molecule has 1 atom stereocenters. The second-order valence-electron chi connectivity index (χ2n) is 4.02. The van der Waals surface area contributed by atoms with Gasteiger partial charge in [0.05, 0.1) is 17.8 Å². The van der Waals surface area contributed by atoms with E-state index in [1.165, 1.54) is 6.08 Å². The van der Waals surface area contributed by atoms with Crippen molar-refractivity contribution < 1.29 is 4.79 Å². The van der Waals surface area contributed by atoms with Crippen LogP contribution in [0.3, 0.4) is 0 Å². The number of carbonyl (C=O) groups is 1. The first-order valence-corrected chi connectivity index (χ1v) is 5.46. The Labute approximate surface area is 99.9 Å². The van der Waals surface area contributed by atoms with Crippen molar-refractivity contribution >= 4 is 16.8 Å². The van der Waals surface area contributed by atoms with Crippen LogP contribution in [0.4, 0.5) is 0 Å². The lowest BCUT2D eigenvalue weighted by atomic mass is 10.1. The number of benzene rings is 1. The van der Waals surface area contributed by atoms with E-state index < -0.39 is 0 Å². The highest BCUT2D eigenvalue weighted by molar-refractivity contribution is 5.87. The zero-order valence-corrected chi connectivity index (χ0v) is 9.97. The molecule has 1 N–H and O–H groups in total. The third-order valence-corrected chi connectivity index (χ3v) is 2.81. The van der Waals surface area contributed by atoms with Crippen LogP contribution < -0.4 is 5.32 Å². The van der Waals surface area contributed by atoms with Crippen LogP contribution >= 0.6 is 0 Å². The molecule has 0 bridgehead atoms. The molecule has 4 heteroatoms. The summed E-state index contributed by atoms with van der Waals surface area (Å²) in [6.07, 6.45) is 3.10. The van der Waals surface area contributed by atoms with Crippen LogP contribution in [0.5, 0.6) is 0 Å². The molecular weight excluding hydrogens is 214 g/mol. The molecule has 2 aromatic rings. The third kappa shape index (κ3) is 2.20. The minimum atomic E-state index is -0.163. The lowest BCUT2D eigenvalue weighted by molar-refractivity contribution is -0.117. The molecule has 0 fully saturated rings. The fraction of sp³-hybridized carbons (Fsp3) is 0.231. The number of hydrogen-bond donors (Lipinski definition) is 1. The molecule has 0 spiro atoms. The van der Waals surface area contributed by atoms with Gasteiger partial charge in [0.1, 0.15) is 0 Å². The third-order valence-electron chi connectivity index (χ3n) is 2.81. The van der Waals surface area contributed by atoms with Crippen LogP contribution in [-0.4, -0.2) is 15.7 Å². The summed E-state index contributed by atoms with van der Waals surface area (Å²) in [7, 11) is 1.91. The van der Waals surface area contributed by atoms with Crippen molar-refractivity contribution in [3.8, 4) is 0 Å². The highest BCUT2D eigenvalue weighted by atomic mass is 16.1. The SMILES string of the molecule is C=CC(=O)NC(C)c1ccc2c(cnn2C)c1. The lowest BCUT2D eigenvalue weighted by Crippen LogP contribution is -2.24. The predicted molar refractivity (Wildman–Crippen MR) is 67.5 cm³/mol. The zero-order chi connectivity index (χ0) is 12.4. The molecule has 4 nitrogen and oxygen atoms in total. The smallest absolute Gasteiger partial charge is 0.243 e. The van der Waals surface area contributed by atoms with Crippen LogP contribution in [0.15, 0.2) is 37.1 Å². The standard InChI is InChI=1S/C13H15N3O/c1-4-13(17)15-9(2)10-5-6-12-11(7-10)8-14-16(12)3/h4-9H,1H2,2-3H3,(H,15,17). The van der Waals surface area contributed by atoms with Crippen molar-refractivity contribution in [1.82, 2.24) is 15.1 Å². The number of amides is 1. The maximum Gasteiger partial charge on any atom is 0.243 e. The van der Waals surface area contributed by atoms with Gasteiger partial charge >= 0.3 is 0 Å². The first-order chi connectivity index (χ1) is 8.11. The molecule has 0 aliphatic carbocycles. The monoisotopic (exact) mass is 229 g/mol. The van der Waals surface area contributed by atoms with Gasteiger partial charge in [-0.1, -0.05) is 12.6 Å². The Bertz CT molecular complexity index is 571. The summed E-state index contributed by atoms with van der Waals surface area (Å²) in [5, 5.41) is 8.09. The molecule has 0 saturated heterocycles. The number of aromatic nitrogens is 2. The van der Waals surface area contributed by atoms with E-state index in [0.717, 1.165) is 16.5 Å². The van der Waals surface area contributed by atoms with E-state index in [-0.39, 0.29) is 11.9 Å². The zero-order valence-electron chi connectivity index (χ0n) is 9.97. The van der Waals surface area contributed by atoms with Crippen LogP contribution in [-0.2, 0) is 11.8 Å². The Morgan fingerprint density at radius 2 is 2.35 bits per heavy atom. The van der Waals surface area contributed by atoms with Gasteiger partial charge in [-0.15, -0.1) is 0 Å². The van der Waals surface area contributed by atoms with Crippen molar-refractivity contribution in [1.29, 1.82) is 0 Å². The summed E-state index contributed by atoms with van der Waals surface area (Å²) >= 11 is 0. The van der Waals surface area contributed by atoms with Crippen molar-refractivity contribution in [2.45, 2.75) is 13.0 Å². The van der Waals surface area contributed by atoms with Gasteiger partial charge < -0.3 is 5.32 Å². The Kier molecular flexibility index (Phi) is 2.95. The molecule has 1 amide bonds. The summed E-state index contributed by atoms with van der Waals surface area (Å²) in [5.41, 5.74) is 2.14. The normalized spacial score (nSPS) is 12.4. The van der Waals surface area contributed by atoms with Crippen LogP contribution in [0.2, 0.25) is 0 Å². The molecule has 1 unspecified atom stereocenters. The molecule has 0 radical (unpaired) electrons. The van der Waals surface area contributed by atoms with Crippen LogP contribution in [0.25, 0.3) is 10.9 Å². The lowest BCUT2D eigenvalue weighted by Gasteiger charge is -2.12. The Morgan fingerprint density at radius 3 is 3.06 bits per heavy atom. The van der Waals surface area contributed by atoms with Gasteiger partial charge in [-0.25, -0.2) is 0 Å². The number of fused-ring (bicyclic) bond motifs is 1. The minimum absolute atomic E-state index is 0.0369. The van der Waals surface area contributed by atoms with E-state index in [1.54, 1.807) is 0 Å². The van der Waals surface area contributed by atoms with E-state index in [9.17, 15) is 4.79 Å². The molecular formula is C13H15N3O. The molecule has 0 aliphatic heterocycles. The Hall–Kier alpha value is -2.10. The van der Waals surface area contributed by atoms with Gasteiger partial charge in [-0.2, -0.15) is 5.10 Å². The van der Waals surface area contributed by atoms with Crippen molar-refractivity contribution in [2.24, 2.45) is 7.05 Å². The minimum Gasteiger partial charge on any atom is -0.346 e. The van der Waals surface area contributed by atoms with Gasteiger partial charge in [-0.3, -0.25) is 9.48 Å². The average Bonchev–Trinajstić information content (AvgIpc) is 2.70. The van der Waals surface area contributed by atoms with Gasteiger partial charge in [-0.05, 0) is 30.7 Å². The molecule has 17 heavy (non-hydrogen) atoms. The fourth-order valence-electron chi connectivity index (χ4n) is 1.81. The average molecular weight is 229 g/mol. The first-order valence-electron chi connectivity index (χ1n) is 5.46. The van der Waals surface area contributed by atoms with Crippen molar-refractivity contribution in [3.63, 3.8) is 0 Å². The molecule has 0 aliphatic rings. The number of hydrogen-bond acceptors (Lipinski definition) is 2. The summed E-state index contributed by atoms with van der Waals surface area (Å²) in [4.78, 5) is 11.2. The summed E-state index contributed by atoms with van der Waals surface area (Å²) < 4.78 is 1.83. The summed E-state index contributed by atoms with van der Waals surface area (Å²) in [6.45, 7) is 5.38. The van der Waals surface area contributed by atoms with Crippen molar-refractivity contribution in [3.05, 3.63) is 42.6 Å². The summed E-state index contributed by atoms with van der Waals surface area (Å²) in [5.74, 6) is -0.163. The van der Waals surface area contributed by atoms with E-state index >= 15 is 0 Å². The number of carbonyl (C=O) groups excluding carboxylic acids is 1. The number of nitrogens with zero attached hydrogens (tertiary/aromatic N) is 2. The molecule has 88 valence electrons. The van der Waals surface area contributed by atoms with Gasteiger partial charge in [0.15, 0.2) is 0 Å². The van der Waals surface area contributed by atoms with E-state index in [4.69, 9.17) is 0 Å². The fourth-order valence-corrected chi connectivity index (χ4v) is 1.81. The van der Waals surface area contributed by atoms with E-state index in [0.29, 0.717) is 0 Å². The molecule has 2 rings (SSSR count). The number of aryl methyl sites for hydroxylation is 1. The van der Waals surface area contributed by atoms with Crippen LogP contribution in [0, 0.1) is 0 Å². The van der Waals surface area contributed by atoms with Gasteiger partial charge in [0.25, 0.3) is 0 Å². The molecule has 0 saturated carbocycles. The largest absolute Gasteiger partial charge is 0.346 e. The molecule has 1 heterocycles. The second-order valence-corrected chi connectivity index (χ2v) is 4.02. The predicted octanol–water partition coefficient (Wildman–Crippen LogP) is 1.94. The van der Waals surface area contributed by atoms with Crippen LogP contribution in [0.1, 0.15) is 18.5 Å². The van der Waals surface area contributed by atoms with Crippen molar-refractivity contribution in [2.75, 3.05) is 0 Å². The second kappa shape index (κ2) is 4.41.